The van der Waals surface area contributed by atoms with Crippen molar-refractivity contribution < 1.29 is 9.53 Å². The fourth-order valence-corrected chi connectivity index (χ4v) is 2.93. The quantitative estimate of drug-likeness (QED) is 0.739. The van der Waals surface area contributed by atoms with Crippen molar-refractivity contribution in [3.63, 3.8) is 0 Å². The lowest BCUT2D eigenvalue weighted by molar-refractivity contribution is 0.0519. The number of nitrogens with zero attached hydrogens (tertiary/aromatic N) is 2. The molecule has 0 fully saturated rings. The Morgan fingerprint density at radius 1 is 1.17 bits per heavy atom. The third kappa shape index (κ3) is 2.73. The lowest BCUT2D eigenvalue weighted by Gasteiger charge is -2.09. The molecule has 0 amide bonds. The molecule has 124 valence electrons. The Morgan fingerprint density at radius 3 is 2.54 bits per heavy atom. The van der Waals surface area contributed by atoms with E-state index in [0.717, 1.165) is 28.2 Å². The summed E-state index contributed by atoms with van der Waals surface area (Å²) in [5.74, 6) is -0.328. The molecule has 0 aliphatic rings. The number of carbonyl (C=O) groups is 1. The first-order chi connectivity index (χ1) is 11.5. The molecule has 0 spiro atoms. The molecule has 3 rings (SSSR count). The van der Waals surface area contributed by atoms with Gasteiger partial charge in [0.15, 0.2) is 0 Å². The fourth-order valence-electron chi connectivity index (χ4n) is 2.93. The van der Waals surface area contributed by atoms with Crippen molar-refractivity contribution in [3.05, 3.63) is 59.0 Å². The second-order valence-electron chi connectivity index (χ2n) is 5.81. The highest BCUT2D eigenvalue weighted by molar-refractivity contribution is 5.92. The summed E-state index contributed by atoms with van der Waals surface area (Å²) in [6.45, 7) is 8.10. The summed E-state index contributed by atoms with van der Waals surface area (Å²) in [5, 5.41) is 4.45. The minimum atomic E-state index is -0.328. The van der Waals surface area contributed by atoms with Gasteiger partial charge in [0.05, 0.1) is 24.2 Å². The van der Waals surface area contributed by atoms with Crippen LogP contribution < -0.4 is 0 Å². The molecule has 0 aliphatic carbocycles. The maximum atomic E-state index is 12.1. The highest BCUT2D eigenvalue weighted by atomic mass is 16.5. The number of nitrogens with one attached hydrogen (secondary N) is 1. The molecule has 0 saturated carbocycles. The molecule has 0 radical (unpaired) electrons. The van der Waals surface area contributed by atoms with Crippen molar-refractivity contribution >= 4 is 5.97 Å². The molecule has 24 heavy (non-hydrogen) atoms. The van der Waals surface area contributed by atoms with E-state index in [1.165, 1.54) is 5.56 Å². The summed E-state index contributed by atoms with van der Waals surface area (Å²) in [6.07, 6.45) is 1.77. The molecule has 5 heteroatoms. The molecule has 0 saturated heterocycles. The maximum Gasteiger partial charge on any atom is 0.355 e. The van der Waals surface area contributed by atoms with E-state index in [1.807, 2.05) is 36.7 Å². The van der Waals surface area contributed by atoms with E-state index < -0.39 is 0 Å². The fraction of sp³-hybridized carbons (Fsp3) is 0.263. The summed E-state index contributed by atoms with van der Waals surface area (Å²) in [6, 6.07) is 10.1. The zero-order valence-corrected chi connectivity index (χ0v) is 14.4. The SMILES string of the molecule is CCOC(=O)c1[nH]c(C)c(-c2ccnn2-c2ccc(C)cc2)c1C. The molecule has 0 unspecified atom stereocenters. The van der Waals surface area contributed by atoms with Gasteiger partial charge in [-0.25, -0.2) is 9.48 Å². The average molecular weight is 323 g/mol. The number of hydrogen-bond acceptors (Lipinski definition) is 3. The lowest BCUT2D eigenvalue weighted by Crippen LogP contribution is -2.06. The largest absolute Gasteiger partial charge is 0.461 e. The smallest absolute Gasteiger partial charge is 0.355 e. The molecule has 2 aromatic heterocycles. The highest BCUT2D eigenvalue weighted by Gasteiger charge is 2.21. The van der Waals surface area contributed by atoms with Gasteiger partial charge in [0.2, 0.25) is 0 Å². The Hall–Kier alpha value is -2.82. The molecule has 5 nitrogen and oxygen atoms in total. The van der Waals surface area contributed by atoms with E-state index in [0.29, 0.717) is 12.3 Å². The van der Waals surface area contributed by atoms with Gasteiger partial charge in [-0.05, 0) is 51.5 Å². The minimum Gasteiger partial charge on any atom is -0.461 e. The number of rotatable bonds is 4. The first-order valence-electron chi connectivity index (χ1n) is 8.00. The standard InChI is InChI=1S/C19H21N3O2/c1-5-24-19(23)18-13(3)17(14(4)21-18)16-10-11-20-22(16)15-8-6-12(2)7-9-15/h6-11,21H,5H2,1-4H3. The van der Waals surface area contributed by atoms with Crippen LogP contribution in [-0.2, 0) is 4.74 Å². The second kappa shape index (κ2) is 6.35. The van der Waals surface area contributed by atoms with Crippen molar-refractivity contribution in [2.24, 2.45) is 0 Å². The van der Waals surface area contributed by atoms with Crippen molar-refractivity contribution in [2.45, 2.75) is 27.7 Å². The summed E-state index contributed by atoms with van der Waals surface area (Å²) in [5.41, 5.74) is 6.41. The number of hydrogen-bond donors (Lipinski definition) is 1. The van der Waals surface area contributed by atoms with Crippen LogP contribution in [0.1, 0.15) is 34.2 Å². The van der Waals surface area contributed by atoms with Gasteiger partial charge in [-0.2, -0.15) is 5.10 Å². The van der Waals surface area contributed by atoms with E-state index in [2.05, 4.69) is 29.1 Å². The summed E-state index contributed by atoms with van der Waals surface area (Å²) >= 11 is 0. The van der Waals surface area contributed by atoms with Gasteiger partial charge >= 0.3 is 5.97 Å². The van der Waals surface area contributed by atoms with Gasteiger partial charge < -0.3 is 9.72 Å². The molecule has 0 atom stereocenters. The summed E-state index contributed by atoms with van der Waals surface area (Å²) in [7, 11) is 0. The monoisotopic (exact) mass is 323 g/mol. The van der Waals surface area contributed by atoms with Crippen molar-refractivity contribution in [1.29, 1.82) is 0 Å². The van der Waals surface area contributed by atoms with Crippen LogP contribution in [0.5, 0.6) is 0 Å². The van der Waals surface area contributed by atoms with Crippen molar-refractivity contribution in [1.82, 2.24) is 14.8 Å². The molecule has 1 aromatic carbocycles. The number of H-pyrrole nitrogens is 1. The van der Waals surface area contributed by atoms with Crippen LogP contribution in [0.3, 0.4) is 0 Å². The van der Waals surface area contributed by atoms with Gasteiger partial charge in [-0.3, -0.25) is 0 Å². The Bertz CT molecular complexity index is 873. The zero-order chi connectivity index (χ0) is 17.3. The molecule has 2 heterocycles. The van der Waals surface area contributed by atoms with E-state index in [4.69, 9.17) is 4.74 Å². The van der Waals surface area contributed by atoms with Crippen LogP contribution in [0.25, 0.3) is 16.9 Å². The number of benzene rings is 1. The Balaban J connectivity index is 2.10. The number of aryl methyl sites for hydroxylation is 2. The number of esters is 1. The second-order valence-corrected chi connectivity index (χ2v) is 5.81. The van der Waals surface area contributed by atoms with Crippen molar-refractivity contribution in [2.75, 3.05) is 6.61 Å². The Kier molecular flexibility index (Phi) is 4.25. The molecule has 3 aromatic rings. The van der Waals surface area contributed by atoms with Gasteiger partial charge in [-0.15, -0.1) is 0 Å². The molecule has 0 bridgehead atoms. The average Bonchev–Trinajstić information content (AvgIpc) is 3.13. The van der Waals surface area contributed by atoms with Crippen LogP contribution >= 0.6 is 0 Å². The van der Waals surface area contributed by atoms with Crippen LogP contribution in [0, 0.1) is 20.8 Å². The topological polar surface area (TPSA) is 59.9 Å². The molecule has 0 aliphatic heterocycles. The molecule has 1 N–H and O–H groups in total. The number of ether oxygens (including phenoxy) is 1. The number of aromatic amines is 1. The minimum absolute atomic E-state index is 0.328. The van der Waals surface area contributed by atoms with Crippen LogP contribution in [0.4, 0.5) is 0 Å². The predicted octanol–water partition coefficient (Wildman–Crippen LogP) is 3.97. The molecular weight excluding hydrogens is 302 g/mol. The van der Waals surface area contributed by atoms with Crippen LogP contribution in [-0.4, -0.2) is 27.3 Å². The van der Waals surface area contributed by atoms with Crippen LogP contribution in [0.15, 0.2) is 36.5 Å². The first kappa shape index (κ1) is 16.1. The van der Waals surface area contributed by atoms with Gasteiger partial charge in [0.25, 0.3) is 0 Å². The summed E-state index contributed by atoms with van der Waals surface area (Å²) in [4.78, 5) is 15.3. The Labute approximate surface area is 141 Å². The van der Waals surface area contributed by atoms with Gasteiger partial charge in [-0.1, -0.05) is 17.7 Å². The van der Waals surface area contributed by atoms with Gasteiger partial charge in [0.1, 0.15) is 5.69 Å². The molecular formula is C19H21N3O2. The Morgan fingerprint density at radius 2 is 1.88 bits per heavy atom. The van der Waals surface area contributed by atoms with Crippen LogP contribution in [0.2, 0.25) is 0 Å². The van der Waals surface area contributed by atoms with Crippen molar-refractivity contribution in [3.8, 4) is 16.9 Å². The first-order valence-corrected chi connectivity index (χ1v) is 8.00. The summed E-state index contributed by atoms with van der Waals surface area (Å²) < 4.78 is 7.02. The normalized spacial score (nSPS) is 10.8. The third-order valence-corrected chi connectivity index (χ3v) is 4.09. The number of aromatic nitrogens is 3. The number of carbonyl (C=O) groups excluding carboxylic acids is 1. The van der Waals surface area contributed by atoms with E-state index in [1.54, 1.807) is 13.1 Å². The van der Waals surface area contributed by atoms with E-state index >= 15 is 0 Å². The third-order valence-electron chi connectivity index (χ3n) is 4.09. The van der Waals surface area contributed by atoms with E-state index in [9.17, 15) is 4.79 Å². The van der Waals surface area contributed by atoms with E-state index in [-0.39, 0.29) is 5.97 Å². The zero-order valence-electron chi connectivity index (χ0n) is 14.4. The highest BCUT2D eigenvalue weighted by Crippen LogP contribution is 2.31. The maximum absolute atomic E-state index is 12.1. The predicted molar refractivity (Wildman–Crippen MR) is 93.5 cm³/mol. The lowest BCUT2D eigenvalue weighted by atomic mass is 10.1. The van der Waals surface area contributed by atoms with Gasteiger partial charge in [0, 0.05) is 11.3 Å².